The predicted molar refractivity (Wildman–Crippen MR) is 119 cm³/mol. The van der Waals surface area contributed by atoms with E-state index in [1.165, 1.54) is 7.11 Å². The Bertz CT molecular complexity index is 890. The standard InChI is InChI=1S/C23H33N3O5/c1-14(2)10-20(22(28)30-5)25-21(27)19(26-23(29)31-13-15(3)4)11-16-12-24-18-9-7-6-8-17(16)18/h6-9,12,14-15,19-20,24H,10-11,13H2,1-5H3,(H,25,27)(H,26,29)/t19-,20+/m0/s1. The van der Waals surface area contributed by atoms with E-state index in [1.807, 2.05) is 58.2 Å². The molecule has 2 atom stereocenters. The van der Waals surface area contributed by atoms with Gasteiger partial charge in [-0.2, -0.15) is 0 Å². The van der Waals surface area contributed by atoms with Crippen LogP contribution in [0.2, 0.25) is 0 Å². The molecule has 31 heavy (non-hydrogen) atoms. The Morgan fingerprint density at radius 2 is 1.71 bits per heavy atom. The summed E-state index contributed by atoms with van der Waals surface area (Å²) in [5.41, 5.74) is 1.81. The van der Waals surface area contributed by atoms with Crippen LogP contribution in [-0.4, -0.2) is 48.8 Å². The Hall–Kier alpha value is -3.03. The first kappa shape index (κ1) is 24.2. The van der Waals surface area contributed by atoms with Crippen molar-refractivity contribution in [1.82, 2.24) is 15.6 Å². The van der Waals surface area contributed by atoms with E-state index in [2.05, 4.69) is 15.6 Å². The number of nitrogens with one attached hydrogen (secondary N) is 3. The number of methoxy groups -OCH3 is 1. The normalized spacial score (nSPS) is 13.1. The molecule has 1 aromatic heterocycles. The van der Waals surface area contributed by atoms with Gasteiger partial charge in [0.05, 0.1) is 13.7 Å². The topological polar surface area (TPSA) is 110 Å². The molecule has 0 radical (unpaired) electrons. The average molecular weight is 432 g/mol. The second-order valence-electron chi connectivity index (χ2n) is 8.47. The van der Waals surface area contributed by atoms with Crippen molar-refractivity contribution in [3.05, 3.63) is 36.0 Å². The number of esters is 1. The molecule has 0 fully saturated rings. The quantitative estimate of drug-likeness (QED) is 0.501. The fourth-order valence-electron chi connectivity index (χ4n) is 3.26. The molecule has 170 valence electrons. The molecule has 2 aromatic rings. The lowest BCUT2D eigenvalue weighted by Crippen LogP contribution is -2.53. The van der Waals surface area contributed by atoms with Crippen LogP contribution in [0.1, 0.15) is 39.7 Å². The number of hydrogen-bond acceptors (Lipinski definition) is 5. The van der Waals surface area contributed by atoms with E-state index in [0.29, 0.717) is 6.42 Å². The molecule has 0 spiro atoms. The molecular formula is C23H33N3O5. The van der Waals surface area contributed by atoms with Crippen molar-refractivity contribution in [3.63, 3.8) is 0 Å². The van der Waals surface area contributed by atoms with Gasteiger partial charge in [0.15, 0.2) is 0 Å². The highest BCUT2D eigenvalue weighted by molar-refractivity contribution is 5.91. The van der Waals surface area contributed by atoms with Gasteiger partial charge in [-0.05, 0) is 29.9 Å². The lowest BCUT2D eigenvalue weighted by molar-refractivity contribution is -0.145. The minimum absolute atomic E-state index is 0.167. The summed E-state index contributed by atoms with van der Waals surface area (Å²) in [6.07, 6.45) is 1.81. The summed E-state index contributed by atoms with van der Waals surface area (Å²) in [6, 6.07) is 6.00. The third-order valence-corrected chi connectivity index (χ3v) is 4.76. The number of carbonyl (C=O) groups excluding carboxylic acids is 3. The first-order chi connectivity index (χ1) is 14.7. The van der Waals surface area contributed by atoms with Crippen molar-refractivity contribution in [2.24, 2.45) is 11.8 Å². The van der Waals surface area contributed by atoms with Crippen LogP contribution in [0.3, 0.4) is 0 Å². The van der Waals surface area contributed by atoms with Crippen molar-refractivity contribution < 1.29 is 23.9 Å². The molecule has 0 bridgehead atoms. The molecule has 0 aliphatic heterocycles. The molecule has 1 aromatic carbocycles. The van der Waals surface area contributed by atoms with Gasteiger partial charge in [-0.1, -0.05) is 45.9 Å². The number of alkyl carbamates (subject to hydrolysis) is 1. The summed E-state index contributed by atoms with van der Waals surface area (Å²) in [6.45, 7) is 8.00. The summed E-state index contributed by atoms with van der Waals surface area (Å²) in [4.78, 5) is 40.7. The fraction of sp³-hybridized carbons (Fsp3) is 0.522. The van der Waals surface area contributed by atoms with Crippen LogP contribution in [-0.2, 0) is 25.5 Å². The fourth-order valence-corrected chi connectivity index (χ4v) is 3.26. The predicted octanol–water partition coefficient (Wildman–Crippen LogP) is 3.17. The van der Waals surface area contributed by atoms with Crippen molar-refractivity contribution >= 4 is 28.9 Å². The van der Waals surface area contributed by atoms with Crippen LogP contribution in [0.4, 0.5) is 4.79 Å². The van der Waals surface area contributed by atoms with Crippen molar-refractivity contribution in [1.29, 1.82) is 0 Å². The van der Waals surface area contributed by atoms with E-state index in [0.717, 1.165) is 16.5 Å². The average Bonchev–Trinajstić information content (AvgIpc) is 3.13. The van der Waals surface area contributed by atoms with Gasteiger partial charge in [-0.25, -0.2) is 9.59 Å². The van der Waals surface area contributed by atoms with Gasteiger partial charge < -0.3 is 25.1 Å². The maximum absolute atomic E-state index is 13.1. The van der Waals surface area contributed by atoms with E-state index >= 15 is 0 Å². The number of fused-ring (bicyclic) bond motifs is 1. The number of amides is 2. The minimum Gasteiger partial charge on any atom is -0.467 e. The number of benzene rings is 1. The number of ether oxygens (including phenoxy) is 2. The number of hydrogen-bond donors (Lipinski definition) is 3. The van der Waals surface area contributed by atoms with E-state index < -0.39 is 30.1 Å². The van der Waals surface area contributed by atoms with Gasteiger partial charge in [0.1, 0.15) is 12.1 Å². The Morgan fingerprint density at radius 1 is 1.00 bits per heavy atom. The van der Waals surface area contributed by atoms with Crippen LogP contribution in [0.25, 0.3) is 10.9 Å². The zero-order chi connectivity index (χ0) is 23.0. The molecule has 0 saturated carbocycles. The smallest absolute Gasteiger partial charge is 0.407 e. The van der Waals surface area contributed by atoms with E-state index in [4.69, 9.17) is 9.47 Å². The lowest BCUT2D eigenvalue weighted by Gasteiger charge is -2.23. The van der Waals surface area contributed by atoms with Crippen molar-refractivity contribution in [2.45, 2.75) is 52.6 Å². The number of aromatic nitrogens is 1. The Morgan fingerprint density at radius 3 is 2.35 bits per heavy atom. The molecule has 0 aliphatic carbocycles. The second-order valence-corrected chi connectivity index (χ2v) is 8.47. The van der Waals surface area contributed by atoms with Crippen LogP contribution in [0.15, 0.2) is 30.5 Å². The van der Waals surface area contributed by atoms with Gasteiger partial charge >= 0.3 is 12.1 Å². The number of carbonyl (C=O) groups is 3. The highest BCUT2D eigenvalue weighted by atomic mass is 16.5. The summed E-state index contributed by atoms with van der Waals surface area (Å²) >= 11 is 0. The maximum Gasteiger partial charge on any atom is 0.407 e. The summed E-state index contributed by atoms with van der Waals surface area (Å²) in [5, 5.41) is 6.35. The third kappa shape index (κ3) is 7.31. The van der Waals surface area contributed by atoms with Crippen LogP contribution < -0.4 is 10.6 Å². The first-order valence-corrected chi connectivity index (χ1v) is 10.6. The van der Waals surface area contributed by atoms with Crippen LogP contribution in [0, 0.1) is 11.8 Å². The molecule has 8 heteroatoms. The van der Waals surface area contributed by atoms with Gasteiger partial charge in [0.2, 0.25) is 5.91 Å². The van der Waals surface area contributed by atoms with Crippen LogP contribution >= 0.6 is 0 Å². The largest absolute Gasteiger partial charge is 0.467 e. The Kier molecular flexibility index (Phi) is 8.90. The van der Waals surface area contributed by atoms with Gasteiger partial charge in [-0.3, -0.25) is 4.79 Å². The number of aromatic amines is 1. The number of rotatable bonds is 10. The second kappa shape index (κ2) is 11.4. The third-order valence-electron chi connectivity index (χ3n) is 4.76. The zero-order valence-corrected chi connectivity index (χ0v) is 18.9. The highest BCUT2D eigenvalue weighted by Crippen LogP contribution is 2.19. The van der Waals surface area contributed by atoms with Crippen molar-refractivity contribution in [3.8, 4) is 0 Å². The minimum atomic E-state index is -0.918. The molecule has 0 saturated heterocycles. The Labute approximate surface area is 183 Å². The highest BCUT2D eigenvalue weighted by Gasteiger charge is 2.29. The zero-order valence-electron chi connectivity index (χ0n) is 18.9. The van der Waals surface area contributed by atoms with Gasteiger partial charge in [0, 0.05) is 23.5 Å². The molecule has 1 heterocycles. The first-order valence-electron chi connectivity index (χ1n) is 10.6. The lowest BCUT2D eigenvalue weighted by atomic mass is 10.0. The van der Waals surface area contributed by atoms with E-state index in [1.54, 1.807) is 0 Å². The molecule has 2 amide bonds. The molecule has 0 unspecified atom stereocenters. The maximum atomic E-state index is 13.1. The molecule has 3 N–H and O–H groups in total. The molecule has 8 nitrogen and oxygen atoms in total. The van der Waals surface area contributed by atoms with E-state index in [-0.39, 0.29) is 24.9 Å². The van der Waals surface area contributed by atoms with E-state index in [9.17, 15) is 14.4 Å². The van der Waals surface area contributed by atoms with Crippen LogP contribution in [0.5, 0.6) is 0 Å². The Balaban J connectivity index is 2.21. The summed E-state index contributed by atoms with van der Waals surface area (Å²) in [5.74, 6) is -0.653. The number of H-pyrrole nitrogens is 1. The van der Waals surface area contributed by atoms with Crippen molar-refractivity contribution in [2.75, 3.05) is 13.7 Å². The number of para-hydroxylation sites is 1. The molecular weight excluding hydrogens is 398 g/mol. The monoisotopic (exact) mass is 431 g/mol. The SMILES string of the molecule is COC(=O)[C@@H](CC(C)C)NC(=O)[C@H](Cc1c[nH]c2ccccc12)NC(=O)OCC(C)C. The van der Waals surface area contributed by atoms with Gasteiger partial charge in [0.25, 0.3) is 0 Å². The molecule has 0 aliphatic rings. The van der Waals surface area contributed by atoms with Gasteiger partial charge in [-0.15, -0.1) is 0 Å². The molecule has 2 rings (SSSR count). The summed E-state index contributed by atoms with van der Waals surface area (Å²) in [7, 11) is 1.28. The summed E-state index contributed by atoms with van der Waals surface area (Å²) < 4.78 is 10.0.